The fraction of sp³-hybridized carbons (Fsp3) is 0.292. The second-order valence-electron chi connectivity index (χ2n) is 7.68. The molecule has 0 saturated carbocycles. The van der Waals surface area contributed by atoms with Gasteiger partial charge in [-0.2, -0.15) is 0 Å². The van der Waals surface area contributed by atoms with Crippen LogP contribution in [0.3, 0.4) is 0 Å². The van der Waals surface area contributed by atoms with Crippen LogP contribution in [0.5, 0.6) is 0 Å². The number of anilines is 2. The number of carbonyl (C=O) groups is 2. The normalized spacial score (nSPS) is 13.8. The van der Waals surface area contributed by atoms with Crippen LogP contribution in [0.2, 0.25) is 0 Å². The number of nitrogens with one attached hydrogen (secondary N) is 1. The van der Waals surface area contributed by atoms with E-state index in [4.69, 9.17) is 4.74 Å². The topological polar surface area (TPSA) is 74.8 Å². The van der Waals surface area contributed by atoms with Gasteiger partial charge in [-0.1, -0.05) is 18.2 Å². The van der Waals surface area contributed by atoms with E-state index in [0.717, 1.165) is 48.6 Å². The molecule has 0 atom stereocenters. The summed E-state index contributed by atoms with van der Waals surface area (Å²) >= 11 is 0. The van der Waals surface area contributed by atoms with Crippen molar-refractivity contribution >= 4 is 34.1 Å². The van der Waals surface area contributed by atoms with E-state index in [1.165, 1.54) is 4.90 Å². The summed E-state index contributed by atoms with van der Waals surface area (Å²) in [5.41, 5.74) is 3.89. The van der Waals surface area contributed by atoms with E-state index < -0.39 is 0 Å². The molecule has 0 bridgehead atoms. The van der Waals surface area contributed by atoms with Crippen molar-refractivity contribution in [3.8, 4) is 0 Å². The standard InChI is InChI=1S/C24H26N4O3/c1-17-15-21(20-5-3-4-6-22(20)25-17)24(30)27(2)16-23(29)26-18-7-9-19(10-8-18)28-11-13-31-14-12-28/h3-10,15H,11-14,16H2,1-2H3,(H,26,29). The summed E-state index contributed by atoms with van der Waals surface area (Å²) in [7, 11) is 1.63. The Morgan fingerprint density at radius 2 is 1.81 bits per heavy atom. The first kappa shape index (κ1) is 20.8. The fourth-order valence-electron chi connectivity index (χ4n) is 3.76. The Kier molecular flexibility index (Phi) is 6.13. The summed E-state index contributed by atoms with van der Waals surface area (Å²) in [5.74, 6) is -0.454. The minimum absolute atomic E-state index is 0.0419. The highest BCUT2D eigenvalue weighted by atomic mass is 16.5. The Labute approximate surface area is 181 Å². The second-order valence-corrected chi connectivity index (χ2v) is 7.68. The second kappa shape index (κ2) is 9.14. The molecule has 160 valence electrons. The van der Waals surface area contributed by atoms with Crippen LogP contribution in [0.1, 0.15) is 16.1 Å². The molecule has 1 aliphatic rings. The van der Waals surface area contributed by atoms with E-state index in [9.17, 15) is 9.59 Å². The molecule has 0 unspecified atom stereocenters. The number of morpholine rings is 1. The van der Waals surface area contributed by atoms with Crippen LogP contribution in [-0.2, 0) is 9.53 Å². The van der Waals surface area contributed by atoms with Gasteiger partial charge in [-0.3, -0.25) is 14.6 Å². The SMILES string of the molecule is Cc1cc(C(=O)N(C)CC(=O)Nc2ccc(N3CCOCC3)cc2)c2ccccc2n1. The number of benzene rings is 2. The van der Waals surface area contributed by atoms with Gasteiger partial charge >= 0.3 is 0 Å². The van der Waals surface area contributed by atoms with Crippen molar-refractivity contribution < 1.29 is 14.3 Å². The number of carbonyl (C=O) groups excluding carboxylic acids is 2. The first-order valence-corrected chi connectivity index (χ1v) is 10.4. The third kappa shape index (κ3) is 4.83. The number of likely N-dealkylation sites (N-methyl/N-ethyl adjacent to an activating group) is 1. The summed E-state index contributed by atoms with van der Waals surface area (Å²) in [6, 6.07) is 17.0. The van der Waals surface area contributed by atoms with Gasteiger partial charge in [0, 0.05) is 42.6 Å². The maximum Gasteiger partial charge on any atom is 0.254 e. The largest absolute Gasteiger partial charge is 0.378 e. The van der Waals surface area contributed by atoms with Crippen LogP contribution in [0.15, 0.2) is 54.6 Å². The van der Waals surface area contributed by atoms with Gasteiger partial charge in [-0.05, 0) is 43.3 Å². The number of fused-ring (bicyclic) bond motifs is 1. The molecule has 7 heteroatoms. The summed E-state index contributed by atoms with van der Waals surface area (Å²) < 4.78 is 5.38. The predicted octanol–water partition coefficient (Wildman–Crippen LogP) is 3.09. The molecule has 0 radical (unpaired) electrons. The molecule has 31 heavy (non-hydrogen) atoms. The smallest absolute Gasteiger partial charge is 0.254 e. The lowest BCUT2D eigenvalue weighted by Gasteiger charge is -2.28. The van der Waals surface area contributed by atoms with Crippen molar-refractivity contribution in [2.75, 3.05) is 50.1 Å². The minimum Gasteiger partial charge on any atom is -0.378 e. The van der Waals surface area contributed by atoms with Crippen molar-refractivity contribution in [3.05, 3.63) is 65.9 Å². The van der Waals surface area contributed by atoms with Crippen molar-refractivity contribution in [1.82, 2.24) is 9.88 Å². The number of ether oxygens (including phenoxy) is 1. The van der Waals surface area contributed by atoms with E-state index in [2.05, 4.69) is 15.2 Å². The molecular weight excluding hydrogens is 392 g/mol. The Balaban J connectivity index is 1.40. The van der Waals surface area contributed by atoms with Gasteiger partial charge in [0.15, 0.2) is 0 Å². The van der Waals surface area contributed by atoms with Crippen LogP contribution in [0, 0.1) is 6.92 Å². The highest BCUT2D eigenvalue weighted by Gasteiger charge is 2.18. The van der Waals surface area contributed by atoms with Gasteiger partial charge in [-0.15, -0.1) is 0 Å². The van der Waals surface area contributed by atoms with Crippen molar-refractivity contribution in [1.29, 1.82) is 0 Å². The molecule has 2 heterocycles. The molecule has 4 rings (SSSR count). The van der Waals surface area contributed by atoms with E-state index in [1.54, 1.807) is 13.1 Å². The number of rotatable bonds is 5. The number of hydrogen-bond donors (Lipinski definition) is 1. The lowest BCUT2D eigenvalue weighted by Crippen LogP contribution is -2.36. The zero-order valence-electron chi connectivity index (χ0n) is 17.8. The number of nitrogens with zero attached hydrogens (tertiary/aromatic N) is 3. The van der Waals surface area contributed by atoms with Crippen LogP contribution in [0.4, 0.5) is 11.4 Å². The predicted molar refractivity (Wildman–Crippen MR) is 122 cm³/mol. The summed E-state index contributed by atoms with van der Waals surface area (Å²) in [6.07, 6.45) is 0. The summed E-state index contributed by atoms with van der Waals surface area (Å²) in [6.45, 7) is 5.00. The number of amides is 2. The van der Waals surface area contributed by atoms with E-state index in [-0.39, 0.29) is 18.4 Å². The van der Waals surface area contributed by atoms with Crippen molar-refractivity contribution in [3.63, 3.8) is 0 Å². The van der Waals surface area contributed by atoms with Gasteiger partial charge in [-0.25, -0.2) is 0 Å². The van der Waals surface area contributed by atoms with Crippen molar-refractivity contribution in [2.45, 2.75) is 6.92 Å². The van der Waals surface area contributed by atoms with Gasteiger partial charge < -0.3 is 19.9 Å². The molecule has 1 fully saturated rings. The Bertz CT molecular complexity index is 1090. The lowest BCUT2D eigenvalue weighted by molar-refractivity contribution is -0.116. The Morgan fingerprint density at radius 3 is 2.55 bits per heavy atom. The lowest BCUT2D eigenvalue weighted by atomic mass is 10.1. The number of aryl methyl sites for hydroxylation is 1. The molecule has 7 nitrogen and oxygen atoms in total. The van der Waals surface area contributed by atoms with Crippen LogP contribution >= 0.6 is 0 Å². The molecule has 1 aliphatic heterocycles. The molecule has 3 aromatic rings. The highest BCUT2D eigenvalue weighted by Crippen LogP contribution is 2.21. The van der Waals surface area contributed by atoms with Gasteiger partial charge in [0.1, 0.15) is 0 Å². The molecule has 2 aromatic carbocycles. The zero-order chi connectivity index (χ0) is 21.8. The van der Waals surface area contributed by atoms with Gasteiger partial charge in [0.2, 0.25) is 5.91 Å². The van der Waals surface area contributed by atoms with Crippen molar-refractivity contribution in [2.24, 2.45) is 0 Å². The maximum atomic E-state index is 13.0. The van der Waals surface area contributed by atoms with Crippen LogP contribution in [0.25, 0.3) is 10.9 Å². The van der Waals surface area contributed by atoms with Gasteiger partial charge in [0.05, 0.1) is 30.8 Å². The molecule has 2 amide bonds. The number of para-hydroxylation sites is 1. The number of hydrogen-bond acceptors (Lipinski definition) is 5. The molecular formula is C24H26N4O3. The van der Waals surface area contributed by atoms with Gasteiger partial charge in [0.25, 0.3) is 5.91 Å². The molecule has 1 N–H and O–H groups in total. The third-order valence-corrected chi connectivity index (χ3v) is 5.33. The fourth-order valence-corrected chi connectivity index (χ4v) is 3.76. The average molecular weight is 418 g/mol. The molecule has 0 aliphatic carbocycles. The minimum atomic E-state index is -0.245. The summed E-state index contributed by atoms with van der Waals surface area (Å²) in [4.78, 5) is 33.7. The number of aromatic nitrogens is 1. The molecule has 0 spiro atoms. The molecule has 1 saturated heterocycles. The highest BCUT2D eigenvalue weighted by molar-refractivity contribution is 6.07. The first-order valence-electron chi connectivity index (χ1n) is 10.4. The van der Waals surface area contributed by atoms with Crippen LogP contribution in [-0.4, -0.2) is 61.6 Å². The monoisotopic (exact) mass is 418 g/mol. The van der Waals surface area contributed by atoms with E-state index in [1.807, 2.05) is 55.5 Å². The Morgan fingerprint density at radius 1 is 1.10 bits per heavy atom. The number of pyridine rings is 1. The Hall–Kier alpha value is -3.45. The zero-order valence-corrected chi connectivity index (χ0v) is 17.8. The van der Waals surface area contributed by atoms with Crippen LogP contribution < -0.4 is 10.2 Å². The quantitative estimate of drug-likeness (QED) is 0.689. The van der Waals surface area contributed by atoms with E-state index >= 15 is 0 Å². The van der Waals surface area contributed by atoms with E-state index in [0.29, 0.717) is 11.3 Å². The third-order valence-electron chi connectivity index (χ3n) is 5.33. The first-order chi connectivity index (χ1) is 15.0. The maximum absolute atomic E-state index is 13.0. The average Bonchev–Trinajstić information content (AvgIpc) is 2.79. The molecule has 1 aromatic heterocycles. The summed E-state index contributed by atoms with van der Waals surface area (Å²) in [5, 5.41) is 3.65.